The summed E-state index contributed by atoms with van der Waals surface area (Å²) in [6.45, 7) is 0. The Labute approximate surface area is 122 Å². The monoisotopic (exact) mass is 310 g/mol. The molecule has 2 rings (SSSR count). The molecule has 0 aliphatic carbocycles. The minimum atomic E-state index is -1.31. The zero-order valence-corrected chi connectivity index (χ0v) is 11.1. The van der Waals surface area contributed by atoms with Crippen molar-refractivity contribution in [1.82, 2.24) is 0 Å². The van der Waals surface area contributed by atoms with Crippen molar-refractivity contribution >= 4 is 34.6 Å². The van der Waals surface area contributed by atoms with E-state index in [1.165, 1.54) is 12.1 Å². The van der Waals surface area contributed by atoms with E-state index in [1.54, 1.807) is 0 Å². The second-order valence-corrected chi connectivity index (χ2v) is 4.42. The summed E-state index contributed by atoms with van der Waals surface area (Å²) in [5.41, 5.74) is -0.833. The average molecular weight is 311 g/mol. The molecule has 0 saturated carbocycles. The van der Waals surface area contributed by atoms with E-state index in [0.29, 0.717) is 0 Å². The summed E-state index contributed by atoms with van der Waals surface area (Å²) in [5, 5.41) is 22.3. The number of carboxylic acids is 1. The lowest BCUT2D eigenvalue weighted by molar-refractivity contribution is -0.384. The molecule has 21 heavy (non-hydrogen) atoms. The fourth-order valence-electron chi connectivity index (χ4n) is 1.69. The molecule has 0 aliphatic rings. The number of benzene rings is 2. The van der Waals surface area contributed by atoms with Crippen LogP contribution in [0.4, 0.5) is 21.5 Å². The summed E-state index contributed by atoms with van der Waals surface area (Å²) >= 11 is 5.83. The molecule has 0 aliphatic heterocycles. The Kier molecular flexibility index (Phi) is 4.04. The quantitative estimate of drug-likeness (QED) is 0.661. The molecule has 0 atom stereocenters. The summed E-state index contributed by atoms with van der Waals surface area (Å²) in [5.74, 6) is -2.01. The van der Waals surface area contributed by atoms with Crippen LogP contribution in [-0.2, 0) is 0 Å². The van der Waals surface area contributed by atoms with Gasteiger partial charge in [-0.05, 0) is 18.2 Å². The number of nitro benzene ring substituents is 1. The van der Waals surface area contributed by atoms with E-state index in [4.69, 9.17) is 16.7 Å². The van der Waals surface area contributed by atoms with Crippen LogP contribution in [0.5, 0.6) is 0 Å². The molecule has 2 N–H and O–H groups in total. The molecule has 0 saturated heterocycles. The van der Waals surface area contributed by atoms with Crippen LogP contribution in [0.2, 0.25) is 5.02 Å². The molecule has 0 bridgehead atoms. The van der Waals surface area contributed by atoms with Gasteiger partial charge >= 0.3 is 5.97 Å². The predicted molar refractivity (Wildman–Crippen MR) is 74.7 cm³/mol. The molecule has 108 valence electrons. The molecule has 0 radical (unpaired) electrons. The third kappa shape index (κ3) is 3.09. The molecule has 2 aromatic rings. The number of carboxylic acid groups (broad SMARTS) is 1. The Morgan fingerprint density at radius 2 is 2.05 bits per heavy atom. The van der Waals surface area contributed by atoms with Crippen molar-refractivity contribution in [3.8, 4) is 0 Å². The maximum atomic E-state index is 13.7. The van der Waals surface area contributed by atoms with Crippen LogP contribution in [0.15, 0.2) is 36.4 Å². The Hall–Kier alpha value is -2.67. The summed E-state index contributed by atoms with van der Waals surface area (Å²) in [7, 11) is 0. The number of hydrogen-bond acceptors (Lipinski definition) is 4. The van der Waals surface area contributed by atoms with Crippen LogP contribution >= 0.6 is 11.6 Å². The number of aromatic carboxylic acids is 1. The zero-order chi connectivity index (χ0) is 15.6. The number of carbonyl (C=O) groups is 1. The molecule has 0 fully saturated rings. The van der Waals surface area contributed by atoms with Crippen LogP contribution in [0.3, 0.4) is 0 Å². The van der Waals surface area contributed by atoms with Crippen LogP contribution in [0, 0.1) is 15.9 Å². The first-order valence-electron chi connectivity index (χ1n) is 5.63. The predicted octanol–water partition coefficient (Wildman–Crippen LogP) is 3.83. The van der Waals surface area contributed by atoms with Gasteiger partial charge in [0, 0.05) is 12.1 Å². The van der Waals surface area contributed by atoms with Gasteiger partial charge in [0.05, 0.1) is 26.9 Å². The molecule has 0 spiro atoms. The molecular weight excluding hydrogens is 303 g/mol. The van der Waals surface area contributed by atoms with Crippen LogP contribution < -0.4 is 5.32 Å². The summed E-state index contributed by atoms with van der Waals surface area (Å²) in [4.78, 5) is 21.2. The molecule has 0 unspecified atom stereocenters. The topological polar surface area (TPSA) is 92.5 Å². The highest BCUT2D eigenvalue weighted by atomic mass is 35.5. The molecule has 0 amide bonds. The number of nitro groups is 1. The molecule has 8 heteroatoms. The number of halogens is 2. The maximum Gasteiger partial charge on any atom is 0.337 e. The van der Waals surface area contributed by atoms with Crippen molar-refractivity contribution in [1.29, 1.82) is 0 Å². The van der Waals surface area contributed by atoms with Gasteiger partial charge in [0.15, 0.2) is 0 Å². The summed E-state index contributed by atoms with van der Waals surface area (Å²) in [6.07, 6.45) is 0. The Morgan fingerprint density at radius 1 is 1.33 bits per heavy atom. The van der Waals surface area contributed by atoms with E-state index < -0.39 is 16.7 Å². The third-order valence-electron chi connectivity index (χ3n) is 2.67. The number of anilines is 2. The summed E-state index contributed by atoms with van der Waals surface area (Å²) < 4.78 is 13.7. The second kappa shape index (κ2) is 5.76. The van der Waals surface area contributed by atoms with Crippen molar-refractivity contribution in [2.45, 2.75) is 0 Å². The van der Waals surface area contributed by atoms with Crippen molar-refractivity contribution in [2.75, 3.05) is 5.32 Å². The number of hydrogen-bond donors (Lipinski definition) is 2. The van der Waals surface area contributed by atoms with E-state index in [1.807, 2.05) is 0 Å². The molecule has 0 heterocycles. The SMILES string of the molecule is O=C(O)c1ccc([N+](=O)[O-])cc1Nc1c(F)cccc1Cl. The lowest BCUT2D eigenvalue weighted by Gasteiger charge is -2.11. The number of non-ortho nitro benzene ring substituents is 1. The van der Waals surface area contributed by atoms with Crippen molar-refractivity contribution in [3.05, 3.63) is 62.9 Å². The highest BCUT2D eigenvalue weighted by Crippen LogP contribution is 2.31. The van der Waals surface area contributed by atoms with Gasteiger partial charge in [0.2, 0.25) is 0 Å². The van der Waals surface area contributed by atoms with Crippen molar-refractivity contribution in [2.24, 2.45) is 0 Å². The van der Waals surface area contributed by atoms with Crippen molar-refractivity contribution < 1.29 is 19.2 Å². The van der Waals surface area contributed by atoms with Crippen molar-refractivity contribution in [3.63, 3.8) is 0 Å². The van der Waals surface area contributed by atoms with E-state index >= 15 is 0 Å². The highest BCUT2D eigenvalue weighted by molar-refractivity contribution is 6.33. The first-order valence-corrected chi connectivity index (χ1v) is 6.00. The number of nitrogens with zero attached hydrogens (tertiary/aromatic N) is 1. The lowest BCUT2D eigenvalue weighted by Crippen LogP contribution is -2.05. The summed E-state index contributed by atoms with van der Waals surface area (Å²) in [6, 6.07) is 7.05. The fourth-order valence-corrected chi connectivity index (χ4v) is 1.90. The van der Waals surface area contributed by atoms with E-state index in [0.717, 1.165) is 24.3 Å². The van der Waals surface area contributed by atoms with Crippen LogP contribution in [0.1, 0.15) is 10.4 Å². The van der Waals surface area contributed by atoms with Gasteiger partial charge in [-0.25, -0.2) is 9.18 Å². The van der Waals surface area contributed by atoms with Crippen LogP contribution in [-0.4, -0.2) is 16.0 Å². The fraction of sp³-hybridized carbons (Fsp3) is 0. The Morgan fingerprint density at radius 3 is 2.62 bits per heavy atom. The standard InChI is InChI=1S/C13H8ClFN2O4/c14-9-2-1-3-10(15)12(9)16-11-6-7(17(20)21)4-5-8(11)13(18)19/h1-6,16H,(H,18,19). The lowest BCUT2D eigenvalue weighted by atomic mass is 10.1. The van der Waals surface area contributed by atoms with Gasteiger partial charge in [-0.15, -0.1) is 0 Å². The van der Waals surface area contributed by atoms with Gasteiger partial charge in [-0.3, -0.25) is 10.1 Å². The number of nitrogens with one attached hydrogen (secondary N) is 1. The first kappa shape index (κ1) is 14.7. The molecular formula is C13H8ClFN2O4. The van der Waals surface area contributed by atoms with Gasteiger partial charge < -0.3 is 10.4 Å². The highest BCUT2D eigenvalue weighted by Gasteiger charge is 2.17. The molecule has 6 nitrogen and oxygen atoms in total. The van der Waals surface area contributed by atoms with Gasteiger partial charge in [-0.2, -0.15) is 0 Å². The van der Waals surface area contributed by atoms with Crippen LogP contribution in [0.25, 0.3) is 0 Å². The first-order chi connectivity index (χ1) is 9.90. The Bertz CT molecular complexity index is 716. The third-order valence-corrected chi connectivity index (χ3v) is 2.98. The smallest absolute Gasteiger partial charge is 0.337 e. The number of para-hydroxylation sites is 1. The Balaban J connectivity index is 2.53. The largest absolute Gasteiger partial charge is 0.478 e. The minimum absolute atomic E-state index is 0.0258. The molecule has 2 aromatic carbocycles. The second-order valence-electron chi connectivity index (χ2n) is 4.01. The van der Waals surface area contributed by atoms with E-state index in [2.05, 4.69) is 5.32 Å². The van der Waals surface area contributed by atoms with Gasteiger partial charge in [-0.1, -0.05) is 17.7 Å². The minimum Gasteiger partial charge on any atom is -0.478 e. The average Bonchev–Trinajstić information content (AvgIpc) is 2.42. The van der Waals surface area contributed by atoms with Gasteiger partial charge in [0.25, 0.3) is 5.69 Å². The molecule has 0 aromatic heterocycles. The van der Waals surface area contributed by atoms with E-state index in [9.17, 15) is 19.3 Å². The normalized spacial score (nSPS) is 10.2. The number of rotatable bonds is 4. The van der Waals surface area contributed by atoms with Gasteiger partial charge in [0.1, 0.15) is 5.82 Å². The van der Waals surface area contributed by atoms with E-state index in [-0.39, 0.29) is 27.6 Å². The maximum absolute atomic E-state index is 13.7. The zero-order valence-electron chi connectivity index (χ0n) is 10.3.